The van der Waals surface area contributed by atoms with Crippen molar-refractivity contribution in [3.05, 3.63) is 57.8 Å². The number of methoxy groups -OCH3 is 1. The number of phenols is 1. The van der Waals surface area contributed by atoms with E-state index in [2.05, 4.69) is 31.1 Å². The molecule has 0 amide bonds. The molecule has 0 spiro atoms. The molecule has 2 aromatic carbocycles. The van der Waals surface area contributed by atoms with Gasteiger partial charge in [0.15, 0.2) is 5.96 Å². The lowest BCUT2D eigenvalue weighted by atomic mass is 10.2. The number of carbonyl (C=O) groups excluding carboxylic acids is 1. The van der Waals surface area contributed by atoms with Crippen molar-refractivity contribution < 1.29 is 19.0 Å². The third-order valence-corrected chi connectivity index (χ3v) is 5.37. The summed E-state index contributed by atoms with van der Waals surface area (Å²) in [6, 6.07) is 9.13. The summed E-state index contributed by atoms with van der Waals surface area (Å²) in [5.74, 6) is -0.375. The van der Waals surface area contributed by atoms with Crippen LogP contribution in [0.25, 0.3) is 0 Å². The highest BCUT2D eigenvalue weighted by Gasteiger charge is 2.20. The molecule has 1 aliphatic rings. The van der Waals surface area contributed by atoms with Crippen molar-refractivity contribution in [3.8, 4) is 5.75 Å². The van der Waals surface area contributed by atoms with Crippen LogP contribution in [0.15, 0.2) is 45.9 Å². The molecule has 2 N–H and O–H groups in total. The highest BCUT2D eigenvalue weighted by Crippen LogP contribution is 2.25. The van der Waals surface area contributed by atoms with E-state index < -0.39 is 5.97 Å². The molecule has 160 valence electrons. The van der Waals surface area contributed by atoms with Crippen molar-refractivity contribution in [2.45, 2.75) is 6.54 Å². The third-order valence-electron chi connectivity index (χ3n) is 4.87. The summed E-state index contributed by atoms with van der Waals surface area (Å²) < 4.78 is 19.7. The summed E-state index contributed by atoms with van der Waals surface area (Å²) in [7, 11) is 3.34. The molecule has 7 nitrogen and oxygen atoms in total. The van der Waals surface area contributed by atoms with Crippen LogP contribution < -0.4 is 5.32 Å². The van der Waals surface area contributed by atoms with Crippen molar-refractivity contribution in [3.63, 3.8) is 0 Å². The van der Waals surface area contributed by atoms with E-state index in [4.69, 9.17) is 4.74 Å². The molecule has 0 atom stereocenters. The first-order chi connectivity index (χ1) is 14.4. The Morgan fingerprint density at radius 3 is 2.67 bits per heavy atom. The van der Waals surface area contributed by atoms with E-state index in [-0.39, 0.29) is 18.1 Å². The Kier molecular flexibility index (Phi) is 7.28. The van der Waals surface area contributed by atoms with Crippen LogP contribution in [-0.4, -0.2) is 67.2 Å². The Balaban J connectivity index is 1.90. The molecule has 0 bridgehead atoms. The van der Waals surface area contributed by atoms with E-state index in [0.717, 1.165) is 30.7 Å². The Bertz CT molecular complexity index is 946. The van der Waals surface area contributed by atoms with E-state index in [1.165, 1.54) is 31.4 Å². The Morgan fingerprint density at radius 2 is 1.97 bits per heavy atom. The standard InChI is InChI=1S/C21H24BrFN4O3/c1-26-7-9-27(10-8-26)21(24-13-15-11-16(22)4-5-17(15)23)25-18-12-14(20(29)30-2)3-6-19(18)28/h3-6,11-12,28H,7-10,13H2,1-2H3,(H,24,25). The van der Waals surface area contributed by atoms with Crippen LogP contribution in [-0.2, 0) is 11.3 Å². The van der Waals surface area contributed by atoms with Gasteiger partial charge >= 0.3 is 5.97 Å². The number of carbonyl (C=O) groups is 1. The van der Waals surface area contributed by atoms with E-state index in [9.17, 15) is 14.3 Å². The van der Waals surface area contributed by atoms with Crippen LogP contribution in [0.2, 0.25) is 0 Å². The average molecular weight is 479 g/mol. The van der Waals surface area contributed by atoms with Crippen molar-refractivity contribution in [1.82, 2.24) is 9.80 Å². The molecule has 0 saturated carbocycles. The quantitative estimate of drug-likeness (QED) is 0.304. The van der Waals surface area contributed by atoms with Crippen molar-refractivity contribution in [1.29, 1.82) is 0 Å². The van der Waals surface area contributed by atoms with Crippen LogP contribution in [0.5, 0.6) is 5.75 Å². The second-order valence-corrected chi connectivity index (χ2v) is 7.93. The van der Waals surface area contributed by atoms with Gasteiger partial charge in [0, 0.05) is 36.2 Å². The number of esters is 1. The fraction of sp³-hybridized carbons (Fsp3) is 0.333. The molecule has 1 saturated heterocycles. The Morgan fingerprint density at radius 1 is 1.23 bits per heavy atom. The number of hydrogen-bond acceptors (Lipinski definition) is 5. The number of aromatic hydroxyl groups is 1. The molecule has 1 aliphatic heterocycles. The smallest absolute Gasteiger partial charge is 0.337 e. The number of hydrogen-bond donors (Lipinski definition) is 2. The lowest BCUT2D eigenvalue weighted by Crippen LogP contribution is -2.49. The number of phenolic OH excluding ortho intramolecular Hbond substituents is 1. The summed E-state index contributed by atoms with van der Waals surface area (Å²) in [5.41, 5.74) is 1.07. The van der Waals surface area contributed by atoms with Gasteiger partial charge in [0.1, 0.15) is 11.6 Å². The van der Waals surface area contributed by atoms with Gasteiger partial charge in [-0.3, -0.25) is 0 Å². The second-order valence-electron chi connectivity index (χ2n) is 7.01. The van der Waals surface area contributed by atoms with Crippen LogP contribution >= 0.6 is 15.9 Å². The zero-order chi connectivity index (χ0) is 21.7. The first kappa shape index (κ1) is 22.0. The maximum atomic E-state index is 14.2. The van der Waals surface area contributed by atoms with Gasteiger partial charge in [-0.15, -0.1) is 0 Å². The molecule has 2 aromatic rings. The minimum atomic E-state index is -0.507. The zero-order valence-corrected chi connectivity index (χ0v) is 18.4. The normalized spacial score (nSPS) is 15.2. The number of likely N-dealkylation sites (N-methyl/N-ethyl adjacent to an activating group) is 1. The molecular weight excluding hydrogens is 455 g/mol. The van der Waals surface area contributed by atoms with Gasteiger partial charge in [0.2, 0.25) is 0 Å². The lowest BCUT2D eigenvalue weighted by molar-refractivity contribution is 0.0601. The van der Waals surface area contributed by atoms with E-state index in [1.807, 2.05) is 11.9 Å². The molecular formula is C21H24BrFN4O3. The molecule has 1 fully saturated rings. The van der Waals surface area contributed by atoms with E-state index in [1.54, 1.807) is 12.1 Å². The monoisotopic (exact) mass is 478 g/mol. The largest absolute Gasteiger partial charge is 0.506 e. The summed E-state index contributed by atoms with van der Waals surface area (Å²) in [5, 5.41) is 13.4. The molecule has 30 heavy (non-hydrogen) atoms. The van der Waals surface area contributed by atoms with Crippen molar-refractivity contribution in [2.75, 3.05) is 45.7 Å². The number of anilines is 1. The number of benzene rings is 2. The number of aliphatic imine (C=N–C) groups is 1. The zero-order valence-electron chi connectivity index (χ0n) is 16.9. The first-order valence-corrected chi connectivity index (χ1v) is 10.3. The van der Waals surface area contributed by atoms with Crippen molar-refractivity contribution >= 4 is 33.5 Å². The van der Waals surface area contributed by atoms with Gasteiger partial charge in [0.05, 0.1) is 24.9 Å². The highest BCUT2D eigenvalue weighted by atomic mass is 79.9. The Hall–Kier alpha value is -2.65. The Labute approximate surface area is 183 Å². The van der Waals surface area contributed by atoms with Crippen LogP contribution in [0.1, 0.15) is 15.9 Å². The highest BCUT2D eigenvalue weighted by molar-refractivity contribution is 9.10. The molecule has 9 heteroatoms. The van der Waals surface area contributed by atoms with Gasteiger partial charge in [0.25, 0.3) is 0 Å². The summed E-state index contributed by atoms with van der Waals surface area (Å²) >= 11 is 3.35. The number of ether oxygens (including phenoxy) is 1. The van der Waals surface area contributed by atoms with Gasteiger partial charge in [-0.05, 0) is 43.4 Å². The number of piperazine rings is 1. The number of halogens is 2. The topological polar surface area (TPSA) is 77.4 Å². The van der Waals surface area contributed by atoms with E-state index in [0.29, 0.717) is 22.8 Å². The predicted molar refractivity (Wildman–Crippen MR) is 117 cm³/mol. The summed E-state index contributed by atoms with van der Waals surface area (Å²) in [6.07, 6.45) is 0. The molecule has 1 heterocycles. The maximum absolute atomic E-state index is 14.2. The summed E-state index contributed by atoms with van der Waals surface area (Å²) in [4.78, 5) is 20.7. The fourth-order valence-electron chi connectivity index (χ4n) is 3.06. The third kappa shape index (κ3) is 5.48. The van der Waals surface area contributed by atoms with Gasteiger partial charge in [-0.25, -0.2) is 14.2 Å². The van der Waals surface area contributed by atoms with Crippen LogP contribution in [0.3, 0.4) is 0 Å². The SMILES string of the molecule is COC(=O)c1ccc(O)c(NC(=NCc2cc(Br)ccc2F)N2CCN(C)CC2)c1. The molecule has 0 aromatic heterocycles. The van der Waals surface area contributed by atoms with E-state index >= 15 is 0 Å². The van der Waals surface area contributed by atoms with Crippen LogP contribution in [0, 0.1) is 5.82 Å². The molecule has 0 unspecified atom stereocenters. The van der Waals surface area contributed by atoms with Crippen LogP contribution in [0.4, 0.5) is 10.1 Å². The predicted octanol–water partition coefficient (Wildman–Crippen LogP) is 3.30. The number of guanidine groups is 1. The van der Waals surface area contributed by atoms with Gasteiger partial charge < -0.3 is 25.0 Å². The van der Waals surface area contributed by atoms with Crippen molar-refractivity contribution in [2.24, 2.45) is 4.99 Å². The second kappa shape index (κ2) is 9.90. The minimum absolute atomic E-state index is 0.0295. The number of nitrogens with zero attached hydrogens (tertiary/aromatic N) is 3. The first-order valence-electron chi connectivity index (χ1n) is 9.47. The lowest BCUT2D eigenvalue weighted by Gasteiger charge is -2.34. The molecule has 0 aliphatic carbocycles. The summed E-state index contributed by atoms with van der Waals surface area (Å²) in [6.45, 7) is 3.26. The number of rotatable bonds is 4. The van der Waals surface area contributed by atoms with Gasteiger partial charge in [-0.1, -0.05) is 15.9 Å². The number of nitrogens with one attached hydrogen (secondary N) is 1. The molecule has 0 radical (unpaired) electrons. The average Bonchev–Trinajstić information content (AvgIpc) is 2.74. The van der Waals surface area contributed by atoms with Gasteiger partial charge in [-0.2, -0.15) is 0 Å². The fourth-order valence-corrected chi connectivity index (χ4v) is 3.47. The minimum Gasteiger partial charge on any atom is -0.506 e. The molecule has 3 rings (SSSR count). The maximum Gasteiger partial charge on any atom is 0.337 e.